The summed E-state index contributed by atoms with van der Waals surface area (Å²) in [5, 5.41) is 0. The van der Waals surface area contributed by atoms with Crippen LogP contribution in [-0.4, -0.2) is 18.4 Å². The van der Waals surface area contributed by atoms with Gasteiger partial charge in [0.25, 0.3) is 0 Å². The van der Waals surface area contributed by atoms with E-state index in [1.54, 1.807) is 0 Å². The van der Waals surface area contributed by atoms with Gasteiger partial charge in [-0.25, -0.2) is 0 Å². The first kappa shape index (κ1) is 16.9. The Morgan fingerprint density at radius 2 is 1.39 bits per heavy atom. The van der Waals surface area contributed by atoms with E-state index < -0.39 is 0 Å². The van der Waals surface area contributed by atoms with Gasteiger partial charge in [0, 0.05) is 24.8 Å². The average Bonchev–Trinajstić information content (AvgIpc) is 2.60. The molecule has 0 bridgehead atoms. The molecule has 0 saturated heterocycles. The van der Waals surface area contributed by atoms with Crippen molar-refractivity contribution >= 4 is 11.8 Å². The third-order valence-corrected chi connectivity index (χ3v) is 3.63. The molecule has 0 unspecified atom stereocenters. The van der Waals surface area contributed by atoms with Gasteiger partial charge in [0.2, 0.25) is 0 Å². The Kier molecular flexibility index (Phi) is 7.05. The van der Waals surface area contributed by atoms with Crippen LogP contribution in [0.3, 0.4) is 0 Å². The fourth-order valence-corrected chi connectivity index (χ4v) is 2.32. The molecule has 23 heavy (non-hydrogen) atoms. The molecule has 0 aliphatic heterocycles. The Labute approximate surface area is 137 Å². The molecular formula is C20H22O3. The number of Topliss-reactive ketones (excluding diaryl/α,β-unsaturated/α-hetero) is 1. The second-order valence-corrected chi connectivity index (χ2v) is 5.45. The largest absolute Gasteiger partial charge is 0.465 e. The third kappa shape index (κ3) is 6.47. The van der Waals surface area contributed by atoms with Crippen LogP contribution in [-0.2, 0) is 16.0 Å². The number of hydrogen-bond donors (Lipinski definition) is 0. The van der Waals surface area contributed by atoms with Gasteiger partial charge in [-0.05, 0) is 18.4 Å². The van der Waals surface area contributed by atoms with Crippen LogP contribution in [0, 0.1) is 0 Å². The molecule has 0 amide bonds. The lowest BCUT2D eigenvalue weighted by molar-refractivity contribution is -0.143. The number of rotatable bonds is 9. The number of esters is 1. The first-order chi connectivity index (χ1) is 11.3. The maximum atomic E-state index is 11.9. The van der Waals surface area contributed by atoms with Crippen molar-refractivity contribution in [3.63, 3.8) is 0 Å². The standard InChI is InChI=1S/C20H22O3/c21-19(18-11-5-2-6-12-18)13-7-8-14-20(22)23-16-15-17-9-3-1-4-10-17/h1-6,9-12H,7-8,13-16H2. The zero-order chi connectivity index (χ0) is 16.3. The van der Waals surface area contributed by atoms with Gasteiger partial charge in [-0.1, -0.05) is 60.7 Å². The molecule has 0 saturated carbocycles. The fourth-order valence-electron chi connectivity index (χ4n) is 2.32. The summed E-state index contributed by atoms with van der Waals surface area (Å²) in [5.74, 6) is -0.0591. The van der Waals surface area contributed by atoms with E-state index >= 15 is 0 Å². The average molecular weight is 310 g/mol. The van der Waals surface area contributed by atoms with E-state index in [0.29, 0.717) is 32.3 Å². The Morgan fingerprint density at radius 3 is 2.09 bits per heavy atom. The molecular weight excluding hydrogens is 288 g/mol. The number of benzene rings is 2. The molecule has 0 fully saturated rings. The maximum Gasteiger partial charge on any atom is 0.305 e. The van der Waals surface area contributed by atoms with Gasteiger partial charge in [0.15, 0.2) is 5.78 Å². The van der Waals surface area contributed by atoms with Gasteiger partial charge in [0.05, 0.1) is 6.61 Å². The van der Waals surface area contributed by atoms with Crippen molar-refractivity contribution in [1.82, 2.24) is 0 Å². The van der Waals surface area contributed by atoms with Crippen molar-refractivity contribution in [2.75, 3.05) is 6.61 Å². The molecule has 3 heteroatoms. The predicted octanol–water partition coefficient (Wildman–Crippen LogP) is 4.22. The van der Waals surface area contributed by atoms with Crippen LogP contribution in [0.4, 0.5) is 0 Å². The van der Waals surface area contributed by atoms with E-state index in [1.807, 2.05) is 60.7 Å². The first-order valence-corrected chi connectivity index (χ1v) is 8.03. The molecule has 2 aromatic carbocycles. The van der Waals surface area contributed by atoms with Crippen molar-refractivity contribution in [2.45, 2.75) is 32.1 Å². The lowest BCUT2D eigenvalue weighted by Gasteiger charge is -2.05. The number of ether oxygens (including phenoxy) is 1. The lowest BCUT2D eigenvalue weighted by atomic mass is 10.0. The topological polar surface area (TPSA) is 43.4 Å². The van der Waals surface area contributed by atoms with Crippen LogP contribution in [0.2, 0.25) is 0 Å². The minimum absolute atomic E-state index is 0.128. The summed E-state index contributed by atoms with van der Waals surface area (Å²) in [6.45, 7) is 0.409. The molecule has 0 atom stereocenters. The molecule has 3 nitrogen and oxygen atoms in total. The summed E-state index contributed by atoms with van der Waals surface area (Å²) in [6.07, 6.45) is 2.97. The summed E-state index contributed by atoms with van der Waals surface area (Å²) in [7, 11) is 0. The van der Waals surface area contributed by atoms with Crippen molar-refractivity contribution in [3.05, 3.63) is 71.8 Å². The minimum atomic E-state index is -0.187. The third-order valence-electron chi connectivity index (χ3n) is 3.63. The summed E-state index contributed by atoms with van der Waals surface area (Å²) in [6, 6.07) is 19.2. The summed E-state index contributed by atoms with van der Waals surface area (Å²) in [5.41, 5.74) is 1.90. The predicted molar refractivity (Wildman–Crippen MR) is 90.3 cm³/mol. The van der Waals surface area contributed by atoms with Crippen LogP contribution in [0.15, 0.2) is 60.7 Å². The molecule has 2 aromatic rings. The number of unbranched alkanes of at least 4 members (excludes halogenated alkanes) is 1. The zero-order valence-corrected chi connectivity index (χ0v) is 13.2. The number of hydrogen-bond acceptors (Lipinski definition) is 3. The van der Waals surface area contributed by atoms with Crippen molar-refractivity contribution in [1.29, 1.82) is 0 Å². The molecule has 2 rings (SSSR count). The van der Waals surface area contributed by atoms with Gasteiger partial charge < -0.3 is 4.74 Å². The summed E-state index contributed by atoms with van der Waals surface area (Å²) >= 11 is 0. The number of carbonyl (C=O) groups excluding carboxylic acids is 2. The van der Waals surface area contributed by atoms with Crippen LogP contribution < -0.4 is 0 Å². The second kappa shape index (κ2) is 9.57. The van der Waals surface area contributed by atoms with Crippen molar-refractivity contribution in [2.24, 2.45) is 0 Å². The molecule has 0 N–H and O–H groups in total. The zero-order valence-electron chi connectivity index (χ0n) is 13.2. The quantitative estimate of drug-likeness (QED) is 0.396. The fraction of sp³-hybridized carbons (Fsp3) is 0.300. The molecule has 120 valence electrons. The SMILES string of the molecule is O=C(CCCCC(=O)c1ccccc1)OCCc1ccccc1. The number of carbonyl (C=O) groups is 2. The molecule has 0 aliphatic carbocycles. The van der Waals surface area contributed by atoms with Gasteiger partial charge in [0.1, 0.15) is 0 Å². The van der Waals surface area contributed by atoms with Crippen LogP contribution in [0.1, 0.15) is 41.6 Å². The van der Waals surface area contributed by atoms with Crippen LogP contribution >= 0.6 is 0 Å². The summed E-state index contributed by atoms with van der Waals surface area (Å²) < 4.78 is 5.21. The Hall–Kier alpha value is -2.42. The van der Waals surface area contributed by atoms with E-state index in [0.717, 1.165) is 17.5 Å². The van der Waals surface area contributed by atoms with Crippen molar-refractivity contribution < 1.29 is 14.3 Å². The molecule has 0 aromatic heterocycles. The highest BCUT2D eigenvalue weighted by Crippen LogP contribution is 2.09. The van der Waals surface area contributed by atoms with E-state index in [9.17, 15) is 9.59 Å². The van der Waals surface area contributed by atoms with Gasteiger partial charge in [-0.15, -0.1) is 0 Å². The van der Waals surface area contributed by atoms with Crippen LogP contribution in [0.5, 0.6) is 0 Å². The van der Waals surface area contributed by atoms with Crippen LogP contribution in [0.25, 0.3) is 0 Å². The smallest absolute Gasteiger partial charge is 0.305 e. The van der Waals surface area contributed by atoms with Gasteiger partial charge in [-0.3, -0.25) is 9.59 Å². The summed E-state index contributed by atoms with van der Waals surface area (Å²) in [4.78, 5) is 23.5. The highest BCUT2D eigenvalue weighted by atomic mass is 16.5. The first-order valence-electron chi connectivity index (χ1n) is 8.03. The number of ketones is 1. The maximum absolute atomic E-state index is 11.9. The van der Waals surface area contributed by atoms with E-state index in [2.05, 4.69) is 0 Å². The Morgan fingerprint density at radius 1 is 0.783 bits per heavy atom. The van der Waals surface area contributed by atoms with Gasteiger partial charge in [-0.2, -0.15) is 0 Å². The van der Waals surface area contributed by atoms with Gasteiger partial charge >= 0.3 is 5.97 Å². The normalized spacial score (nSPS) is 10.3. The lowest BCUT2D eigenvalue weighted by Crippen LogP contribution is -2.08. The Bertz CT molecular complexity index is 605. The monoisotopic (exact) mass is 310 g/mol. The molecule has 0 spiro atoms. The van der Waals surface area contributed by atoms with E-state index in [4.69, 9.17) is 4.74 Å². The second-order valence-electron chi connectivity index (χ2n) is 5.45. The highest BCUT2D eigenvalue weighted by molar-refractivity contribution is 5.95. The molecule has 0 heterocycles. The van der Waals surface area contributed by atoms with Crippen molar-refractivity contribution in [3.8, 4) is 0 Å². The Balaban J connectivity index is 1.55. The molecule has 0 radical (unpaired) electrons. The van der Waals surface area contributed by atoms with E-state index in [-0.39, 0.29) is 11.8 Å². The molecule has 0 aliphatic rings. The van der Waals surface area contributed by atoms with E-state index in [1.165, 1.54) is 0 Å². The minimum Gasteiger partial charge on any atom is -0.465 e. The highest BCUT2D eigenvalue weighted by Gasteiger charge is 2.07.